The second-order valence-corrected chi connectivity index (χ2v) is 7.34. The first-order chi connectivity index (χ1) is 11.2. The van der Waals surface area contributed by atoms with Crippen LogP contribution < -0.4 is 10.1 Å². The number of hydrogen-bond acceptors (Lipinski definition) is 5. The van der Waals surface area contributed by atoms with Crippen LogP contribution in [-0.2, 0) is 22.3 Å². The van der Waals surface area contributed by atoms with Gasteiger partial charge < -0.3 is 31.5 Å². The molecular weight excluding hydrogens is 328 g/mol. The van der Waals surface area contributed by atoms with Crippen LogP contribution in [0.5, 0.6) is 5.75 Å². The summed E-state index contributed by atoms with van der Waals surface area (Å²) in [7, 11) is 5.18. The molecule has 0 heterocycles. The molecule has 1 fully saturated rings. The summed E-state index contributed by atoms with van der Waals surface area (Å²) in [6, 6.07) is 3.35. The summed E-state index contributed by atoms with van der Waals surface area (Å²) in [6.07, 6.45) is 1.47. The van der Waals surface area contributed by atoms with Crippen LogP contribution in [-0.4, -0.2) is 49.1 Å². The fourth-order valence-corrected chi connectivity index (χ4v) is 3.03. The Hall–Kier alpha value is -1.73. The lowest BCUT2D eigenvalue weighted by atomic mass is 10.1. The number of benzene rings is 1. The van der Waals surface area contributed by atoms with Crippen molar-refractivity contribution in [3.63, 3.8) is 0 Å². The maximum absolute atomic E-state index is 12.8. The Morgan fingerprint density at radius 1 is 1.33 bits per heavy atom. The first-order valence-electron chi connectivity index (χ1n) is 7.88. The number of amides is 1. The van der Waals surface area contributed by atoms with Crippen molar-refractivity contribution in [2.75, 3.05) is 33.1 Å². The van der Waals surface area contributed by atoms with Gasteiger partial charge in [0.15, 0.2) is 5.54 Å². The zero-order chi connectivity index (χ0) is 18.1. The minimum absolute atomic E-state index is 0.142. The van der Waals surface area contributed by atoms with Crippen LogP contribution in [0.2, 0.25) is 0 Å². The predicted octanol–water partition coefficient (Wildman–Crippen LogP) is 2.19. The topological polar surface area (TPSA) is 64.6 Å². The zero-order valence-corrected chi connectivity index (χ0v) is 15.6. The molecule has 0 bridgehead atoms. The number of methoxy groups -OCH3 is 1. The molecule has 0 unspecified atom stereocenters. The van der Waals surface area contributed by atoms with Crippen molar-refractivity contribution < 1.29 is 23.0 Å². The first kappa shape index (κ1) is 18.6. The third kappa shape index (κ3) is 3.37. The highest BCUT2D eigenvalue weighted by molar-refractivity contribution is 7.52. The van der Waals surface area contributed by atoms with E-state index in [9.17, 15) is 9.59 Å². The van der Waals surface area contributed by atoms with Gasteiger partial charge in [0.1, 0.15) is 5.75 Å². The van der Waals surface area contributed by atoms with E-state index in [0.29, 0.717) is 11.4 Å². The van der Waals surface area contributed by atoms with Crippen molar-refractivity contribution in [1.82, 2.24) is 0 Å². The van der Waals surface area contributed by atoms with E-state index in [1.54, 1.807) is 19.1 Å². The predicted molar refractivity (Wildman–Crippen MR) is 93.8 cm³/mol. The average Bonchev–Trinajstić information content (AvgIpc) is 3.30. The molecule has 1 saturated carbocycles. The second kappa shape index (κ2) is 6.64. The largest absolute Gasteiger partial charge is 0.497 e. The highest BCUT2D eigenvalue weighted by Gasteiger charge is 2.58. The summed E-state index contributed by atoms with van der Waals surface area (Å²) in [5, 5.41) is 2.90. The molecule has 1 amide bonds. The van der Waals surface area contributed by atoms with Crippen LogP contribution in [0, 0.1) is 6.92 Å². The minimum Gasteiger partial charge on any atom is -0.497 e. The third-order valence-corrected chi connectivity index (χ3v) is 4.81. The molecule has 0 radical (unpaired) electrons. The van der Waals surface area contributed by atoms with Crippen molar-refractivity contribution >= 4 is 30.4 Å². The molecule has 2 rings (SSSR count). The summed E-state index contributed by atoms with van der Waals surface area (Å²) in [6.45, 7) is 3.80. The maximum atomic E-state index is 12.8. The Morgan fingerprint density at radius 2 is 1.96 bits per heavy atom. The fourth-order valence-electron chi connectivity index (χ4n) is 2.77. The van der Waals surface area contributed by atoms with Crippen LogP contribution in [0.15, 0.2) is 12.1 Å². The summed E-state index contributed by atoms with van der Waals surface area (Å²) in [4.78, 5) is 25.1. The van der Waals surface area contributed by atoms with Gasteiger partial charge in [0.05, 0.1) is 39.1 Å². The van der Waals surface area contributed by atoms with Gasteiger partial charge in [0, 0.05) is 12.8 Å². The van der Waals surface area contributed by atoms with Crippen molar-refractivity contribution in [2.24, 2.45) is 0 Å². The van der Waals surface area contributed by atoms with E-state index in [2.05, 4.69) is 5.32 Å². The lowest BCUT2D eigenvalue weighted by molar-refractivity contribution is -0.780. The number of hydrogen-bond donors (Lipinski definition) is 1. The summed E-state index contributed by atoms with van der Waals surface area (Å²) < 4.78 is 10.5. The Kier molecular flexibility index (Phi) is 5.15. The number of rotatable bonds is 6. The number of quaternary nitrogens is 1. The molecule has 6 nitrogen and oxygen atoms in total. The number of ether oxygens (including phenoxy) is 2. The van der Waals surface area contributed by atoms with Gasteiger partial charge in [0.2, 0.25) is 0 Å². The molecule has 1 aliphatic rings. The average molecular weight is 352 g/mol. The Labute approximate surface area is 148 Å². The number of esters is 1. The van der Waals surface area contributed by atoms with Crippen molar-refractivity contribution in [2.45, 2.75) is 32.2 Å². The minimum atomic E-state index is -0.617. The van der Waals surface area contributed by atoms with E-state index >= 15 is 0 Å². The fraction of sp³-hybridized carbons (Fsp3) is 0.529. The molecule has 7 heteroatoms. The van der Waals surface area contributed by atoms with Crippen molar-refractivity contribution in [3.8, 4) is 5.75 Å². The number of carbonyl (C=O) groups excluding carboxylic acids is 2. The number of aryl methyl sites for hydroxylation is 1. The third-order valence-electron chi connectivity index (χ3n) is 4.46. The van der Waals surface area contributed by atoms with E-state index in [-0.39, 0.29) is 22.0 Å². The lowest BCUT2D eigenvalue weighted by Gasteiger charge is -2.43. The van der Waals surface area contributed by atoms with E-state index in [4.69, 9.17) is 22.3 Å². The summed E-state index contributed by atoms with van der Waals surface area (Å²) in [5.41, 5.74) is 0.853. The second-order valence-electron chi connectivity index (χ2n) is 6.42. The van der Waals surface area contributed by atoms with Crippen LogP contribution in [0.1, 0.15) is 35.7 Å². The standard InChI is InChI=1S/C17H24N2O4S/c1-6-23-15(20)13-10-12(22-5)9-11(2)14(13)18-16(21)17(7-8-17)19(3,4)24/h9-10H,6-8H2,1-5H3,(H,18,21). The van der Waals surface area contributed by atoms with E-state index in [0.717, 1.165) is 18.4 Å². The van der Waals surface area contributed by atoms with Gasteiger partial charge in [0.25, 0.3) is 5.91 Å². The van der Waals surface area contributed by atoms with E-state index in [1.807, 2.05) is 21.0 Å². The van der Waals surface area contributed by atoms with Crippen molar-refractivity contribution in [3.05, 3.63) is 23.3 Å². The quantitative estimate of drug-likeness (QED) is 0.483. The van der Waals surface area contributed by atoms with Crippen LogP contribution in [0.3, 0.4) is 0 Å². The molecule has 24 heavy (non-hydrogen) atoms. The highest BCUT2D eigenvalue weighted by atomic mass is 32.1. The number of nitrogens with zero attached hydrogens (tertiary/aromatic N) is 1. The maximum Gasteiger partial charge on any atom is 0.340 e. The molecular formula is C17H24N2O4S. The highest BCUT2D eigenvalue weighted by Crippen LogP contribution is 2.45. The van der Waals surface area contributed by atoms with Crippen LogP contribution in [0.25, 0.3) is 0 Å². The Bertz CT molecular complexity index is 663. The van der Waals surface area contributed by atoms with E-state index < -0.39 is 11.5 Å². The lowest BCUT2D eigenvalue weighted by Crippen LogP contribution is -2.53. The number of carbonyl (C=O) groups is 2. The zero-order valence-electron chi connectivity index (χ0n) is 14.8. The van der Waals surface area contributed by atoms with Gasteiger partial charge >= 0.3 is 5.97 Å². The number of likely N-dealkylation sites (N-methyl/N-ethyl adjacent to an activating group) is 1. The molecule has 0 aromatic heterocycles. The Balaban J connectivity index is 2.39. The molecule has 132 valence electrons. The van der Waals surface area contributed by atoms with Gasteiger partial charge in [-0.25, -0.2) is 4.79 Å². The van der Waals surface area contributed by atoms with Gasteiger partial charge in [-0.3, -0.25) is 4.79 Å². The smallest absolute Gasteiger partial charge is 0.340 e. The molecule has 1 N–H and O–H groups in total. The first-order valence-corrected chi connectivity index (χ1v) is 8.25. The van der Waals surface area contributed by atoms with E-state index in [1.165, 1.54) is 7.11 Å². The molecule has 1 aromatic rings. The van der Waals surface area contributed by atoms with Crippen LogP contribution in [0.4, 0.5) is 5.69 Å². The molecule has 1 aromatic carbocycles. The van der Waals surface area contributed by atoms with Gasteiger partial charge in [-0.1, -0.05) is 0 Å². The SMILES string of the molecule is CCOC(=O)c1cc(OC)cc(C)c1NC(=O)C1([N+](C)(C)[S-])CC1. The summed E-state index contributed by atoms with van der Waals surface area (Å²) in [5.74, 6) is -0.123. The number of anilines is 1. The monoisotopic (exact) mass is 352 g/mol. The molecule has 0 atom stereocenters. The molecule has 0 saturated heterocycles. The van der Waals surface area contributed by atoms with Gasteiger partial charge in [-0.2, -0.15) is 0 Å². The van der Waals surface area contributed by atoms with Gasteiger partial charge in [-0.15, -0.1) is 0 Å². The molecule has 1 aliphatic carbocycles. The number of nitrogens with one attached hydrogen (secondary N) is 1. The van der Waals surface area contributed by atoms with Crippen LogP contribution >= 0.6 is 0 Å². The van der Waals surface area contributed by atoms with Crippen molar-refractivity contribution in [1.29, 1.82) is 0 Å². The molecule has 0 aliphatic heterocycles. The van der Waals surface area contributed by atoms with Gasteiger partial charge in [-0.05, 0) is 31.5 Å². The summed E-state index contributed by atoms with van der Waals surface area (Å²) >= 11 is 5.44. The normalized spacial score (nSPS) is 15.6. The molecule has 0 spiro atoms. The Morgan fingerprint density at radius 3 is 2.42 bits per heavy atom.